The maximum Gasteiger partial charge on any atom is 0.0950 e. The number of benzene rings is 2. The number of hydrogen-bond donors (Lipinski definition) is 0. The maximum absolute atomic E-state index is 2.53. The zero-order chi connectivity index (χ0) is 18.8. The molecule has 0 bridgehead atoms. The van der Waals surface area contributed by atoms with Crippen LogP contribution in [0.5, 0.6) is 0 Å². The molecule has 0 saturated heterocycles. The van der Waals surface area contributed by atoms with Crippen LogP contribution >= 0.6 is 0 Å². The van der Waals surface area contributed by atoms with Crippen molar-refractivity contribution in [3.8, 4) is 0 Å². The van der Waals surface area contributed by atoms with Crippen LogP contribution in [0.2, 0.25) is 0 Å². The first-order chi connectivity index (χ1) is 12.4. The molecule has 0 N–H and O–H groups in total. The SMILES string of the molecule is CC1=C(C)N(c2c(C(C)C)cccc2C(C)C)CN1Cc1ccccc1. The molecule has 0 unspecified atom stereocenters. The first-order valence-corrected chi connectivity index (χ1v) is 9.76. The Morgan fingerprint density at radius 3 is 1.88 bits per heavy atom. The van der Waals surface area contributed by atoms with E-state index in [1.54, 1.807) is 0 Å². The summed E-state index contributed by atoms with van der Waals surface area (Å²) in [5.74, 6) is 1.03. The number of allylic oxidation sites excluding steroid dienone is 2. The Morgan fingerprint density at radius 2 is 1.35 bits per heavy atom. The molecule has 0 radical (unpaired) electrons. The van der Waals surface area contributed by atoms with E-state index in [9.17, 15) is 0 Å². The van der Waals surface area contributed by atoms with E-state index in [-0.39, 0.29) is 0 Å². The molecule has 138 valence electrons. The van der Waals surface area contributed by atoms with Crippen LogP contribution in [0.3, 0.4) is 0 Å². The summed E-state index contributed by atoms with van der Waals surface area (Å²) in [5, 5.41) is 0. The van der Waals surface area contributed by atoms with Gasteiger partial charge in [-0.15, -0.1) is 0 Å². The summed E-state index contributed by atoms with van der Waals surface area (Å²) in [6, 6.07) is 17.6. The highest BCUT2D eigenvalue weighted by atomic mass is 15.4. The van der Waals surface area contributed by atoms with E-state index in [1.807, 2.05) is 0 Å². The van der Waals surface area contributed by atoms with Crippen LogP contribution in [0.4, 0.5) is 5.69 Å². The van der Waals surface area contributed by atoms with Crippen LogP contribution < -0.4 is 4.90 Å². The molecule has 0 fully saturated rings. The van der Waals surface area contributed by atoms with Gasteiger partial charge >= 0.3 is 0 Å². The minimum Gasteiger partial charge on any atom is -0.351 e. The van der Waals surface area contributed by atoms with Crippen molar-refractivity contribution in [2.45, 2.75) is 59.9 Å². The molecule has 1 aliphatic rings. The lowest BCUT2D eigenvalue weighted by Gasteiger charge is -2.30. The lowest BCUT2D eigenvalue weighted by molar-refractivity contribution is 0.369. The number of para-hydroxylation sites is 1. The van der Waals surface area contributed by atoms with Crippen molar-refractivity contribution in [3.63, 3.8) is 0 Å². The summed E-state index contributed by atoms with van der Waals surface area (Å²) in [6.07, 6.45) is 0. The van der Waals surface area contributed by atoms with E-state index < -0.39 is 0 Å². The molecular formula is C24H32N2. The normalized spacial score (nSPS) is 14.9. The van der Waals surface area contributed by atoms with Gasteiger partial charge in [0, 0.05) is 23.6 Å². The fourth-order valence-electron chi connectivity index (χ4n) is 3.84. The smallest absolute Gasteiger partial charge is 0.0950 e. The minimum absolute atomic E-state index is 0.514. The Morgan fingerprint density at radius 1 is 0.769 bits per heavy atom. The Balaban J connectivity index is 1.98. The molecule has 2 aromatic carbocycles. The van der Waals surface area contributed by atoms with Gasteiger partial charge < -0.3 is 9.80 Å². The van der Waals surface area contributed by atoms with Gasteiger partial charge in [-0.1, -0.05) is 76.2 Å². The zero-order valence-corrected chi connectivity index (χ0v) is 17.1. The van der Waals surface area contributed by atoms with Crippen LogP contribution in [-0.2, 0) is 6.54 Å². The van der Waals surface area contributed by atoms with Crippen molar-refractivity contribution in [3.05, 3.63) is 76.6 Å². The van der Waals surface area contributed by atoms with Crippen LogP contribution in [0.15, 0.2) is 59.9 Å². The molecule has 0 amide bonds. The minimum atomic E-state index is 0.514. The van der Waals surface area contributed by atoms with Crippen molar-refractivity contribution >= 4 is 5.69 Å². The summed E-state index contributed by atoms with van der Waals surface area (Å²) in [6.45, 7) is 15.6. The van der Waals surface area contributed by atoms with Crippen LogP contribution in [0, 0.1) is 0 Å². The summed E-state index contributed by atoms with van der Waals surface area (Å²) in [5.41, 5.74) is 8.43. The molecule has 2 heteroatoms. The molecule has 0 aromatic heterocycles. The summed E-state index contributed by atoms with van der Waals surface area (Å²) in [4.78, 5) is 5.02. The Hall–Kier alpha value is -2.22. The van der Waals surface area contributed by atoms with Gasteiger partial charge in [0.15, 0.2) is 0 Å². The Kier molecular flexibility index (Phi) is 5.41. The van der Waals surface area contributed by atoms with E-state index in [1.165, 1.54) is 33.8 Å². The molecule has 2 nitrogen and oxygen atoms in total. The van der Waals surface area contributed by atoms with Gasteiger partial charge in [-0.2, -0.15) is 0 Å². The number of rotatable bonds is 5. The lowest BCUT2D eigenvalue weighted by atomic mass is 9.92. The molecule has 1 aliphatic heterocycles. The average molecular weight is 349 g/mol. The fourth-order valence-corrected chi connectivity index (χ4v) is 3.84. The van der Waals surface area contributed by atoms with E-state index in [2.05, 4.69) is 99.9 Å². The van der Waals surface area contributed by atoms with Crippen LogP contribution in [0.25, 0.3) is 0 Å². The predicted molar refractivity (Wildman–Crippen MR) is 112 cm³/mol. The van der Waals surface area contributed by atoms with E-state index in [4.69, 9.17) is 0 Å². The second-order valence-electron chi connectivity index (χ2n) is 8.02. The highest BCUT2D eigenvalue weighted by Gasteiger charge is 2.28. The van der Waals surface area contributed by atoms with Crippen LogP contribution in [-0.4, -0.2) is 11.6 Å². The second kappa shape index (κ2) is 7.57. The Labute approximate surface area is 159 Å². The summed E-state index contributed by atoms with van der Waals surface area (Å²) >= 11 is 0. The van der Waals surface area contributed by atoms with Crippen molar-refractivity contribution in [1.29, 1.82) is 0 Å². The van der Waals surface area contributed by atoms with Crippen molar-refractivity contribution in [2.24, 2.45) is 0 Å². The van der Waals surface area contributed by atoms with Crippen molar-refractivity contribution < 1.29 is 0 Å². The standard InChI is InChI=1S/C24H32N2/c1-17(2)22-13-10-14-23(18(3)4)24(22)26-16-25(19(5)20(26)6)15-21-11-8-7-9-12-21/h7-14,17-18H,15-16H2,1-6H3. The fraction of sp³-hybridized carbons (Fsp3) is 0.417. The first-order valence-electron chi connectivity index (χ1n) is 9.76. The molecular weight excluding hydrogens is 316 g/mol. The van der Waals surface area contributed by atoms with Crippen LogP contribution in [0.1, 0.15) is 70.1 Å². The molecule has 26 heavy (non-hydrogen) atoms. The Bertz CT molecular complexity index is 761. The number of hydrogen-bond acceptors (Lipinski definition) is 2. The van der Waals surface area contributed by atoms with E-state index in [0.29, 0.717) is 11.8 Å². The summed E-state index contributed by atoms with van der Waals surface area (Å²) < 4.78 is 0. The highest BCUT2D eigenvalue weighted by molar-refractivity contribution is 5.66. The monoisotopic (exact) mass is 348 g/mol. The molecule has 3 rings (SSSR count). The third kappa shape index (κ3) is 3.51. The first kappa shape index (κ1) is 18.6. The van der Waals surface area contributed by atoms with Gasteiger partial charge in [-0.25, -0.2) is 0 Å². The van der Waals surface area contributed by atoms with Gasteiger partial charge in [-0.05, 0) is 42.4 Å². The van der Waals surface area contributed by atoms with Gasteiger partial charge in [0.05, 0.1) is 6.67 Å². The second-order valence-corrected chi connectivity index (χ2v) is 8.02. The summed E-state index contributed by atoms with van der Waals surface area (Å²) in [7, 11) is 0. The lowest BCUT2D eigenvalue weighted by Crippen LogP contribution is -2.28. The van der Waals surface area contributed by atoms with Gasteiger partial charge in [0.2, 0.25) is 0 Å². The number of anilines is 1. The van der Waals surface area contributed by atoms with E-state index >= 15 is 0 Å². The van der Waals surface area contributed by atoms with Gasteiger partial charge in [-0.3, -0.25) is 0 Å². The third-order valence-electron chi connectivity index (χ3n) is 5.54. The molecule has 1 heterocycles. The molecule has 0 spiro atoms. The topological polar surface area (TPSA) is 6.48 Å². The average Bonchev–Trinajstić information content (AvgIpc) is 2.90. The molecule has 0 aliphatic carbocycles. The number of nitrogens with zero attached hydrogens (tertiary/aromatic N) is 2. The van der Waals surface area contributed by atoms with E-state index in [0.717, 1.165) is 13.2 Å². The molecule has 0 atom stereocenters. The van der Waals surface area contributed by atoms with Crippen molar-refractivity contribution in [1.82, 2.24) is 4.90 Å². The largest absolute Gasteiger partial charge is 0.351 e. The molecule has 2 aromatic rings. The van der Waals surface area contributed by atoms with Crippen molar-refractivity contribution in [2.75, 3.05) is 11.6 Å². The quantitative estimate of drug-likeness (QED) is 0.611. The predicted octanol–water partition coefficient (Wildman–Crippen LogP) is 6.46. The van der Waals surface area contributed by atoms with Gasteiger partial charge in [0.1, 0.15) is 0 Å². The zero-order valence-electron chi connectivity index (χ0n) is 17.1. The highest BCUT2D eigenvalue weighted by Crippen LogP contribution is 2.40. The maximum atomic E-state index is 2.53. The van der Waals surface area contributed by atoms with Gasteiger partial charge in [0.25, 0.3) is 0 Å². The molecule has 0 saturated carbocycles. The third-order valence-corrected chi connectivity index (χ3v) is 5.54.